The fourth-order valence-corrected chi connectivity index (χ4v) is 2.18. The highest BCUT2D eigenvalue weighted by Crippen LogP contribution is 2.13. The maximum atomic E-state index is 13.4. The molecule has 14 heavy (non-hydrogen) atoms. The molecule has 2 heterocycles. The van der Waals surface area contributed by atoms with Crippen LogP contribution in [0.25, 0.3) is 0 Å². The Balaban J connectivity index is 1.76. The molecule has 2 fully saturated rings. The highest BCUT2D eigenvalue weighted by atomic mass is 19.1. The molecule has 2 rings (SSSR count). The molecule has 0 saturated carbocycles. The summed E-state index contributed by atoms with van der Waals surface area (Å²) >= 11 is 0. The summed E-state index contributed by atoms with van der Waals surface area (Å²) in [6.07, 6.45) is 2.22. The van der Waals surface area contributed by atoms with Crippen LogP contribution in [0, 0.1) is 0 Å². The van der Waals surface area contributed by atoms with Crippen LogP contribution >= 0.6 is 0 Å². The molecule has 3 nitrogen and oxygen atoms in total. The van der Waals surface area contributed by atoms with E-state index in [0.717, 1.165) is 39.0 Å². The third kappa shape index (κ3) is 2.65. The lowest BCUT2D eigenvalue weighted by Crippen LogP contribution is -2.53. The Morgan fingerprint density at radius 2 is 2.00 bits per heavy atom. The summed E-state index contributed by atoms with van der Waals surface area (Å²) in [5, 5.41) is 6.47. The summed E-state index contributed by atoms with van der Waals surface area (Å²) in [5.74, 6) is 0. The minimum Gasteiger partial charge on any atom is -0.381 e. The summed E-state index contributed by atoms with van der Waals surface area (Å²) < 4.78 is 18.7. The summed E-state index contributed by atoms with van der Waals surface area (Å²) in [6.45, 7) is 3.07. The number of halogens is 1. The standard InChI is InChI=1S/C10H19FN2O/c11-9-7-12-4-1-10(9)13-8-2-5-14-6-3-8/h8-10,12-13H,1-7H2/t9-,10+/m0/s1. The Kier molecular flexibility index (Phi) is 3.73. The lowest BCUT2D eigenvalue weighted by molar-refractivity contribution is 0.0675. The van der Waals surface area contributed by atoms with Crippen molar-refractivity contribution in [3.63, 3.8) is 0 Å². The molecule has 2 saturated heterocycles. The molecule has 0 aromatic rings. The Bertz CT molecular complexity index is 174. The van der Waals surface area contributed by atoms with E-state index in [1.807, 2.05) is 0 Å². The molecule has 2 aliphatic rings. The topological polar surface area (TPSA) is 33.3 Å². The van der Waals surface area contributed by atoms with Gasteiger partial charge in [-0.1, -0.05) is 0 Å². The second kappa shape index (κ2) is 5.05. The van der Waals surface area contributed by atoms with Gasteiger partial charge in [0.1, 0.15) is 6.17 Å². The minimum absolute atomic E-state index is 0.0550. The van der Waals surface area contributed by atoms with Gasteiger partial charge in [-0.2, -0.15) is 0 Å². The maximum absolute atomic E-state index is 13.4. The maximum Gasteiger partial charge on any atom is 0.128 e. The first kappa shape index (κ1) is 10.3. The van der Waals surface area contributed by atoms with Gasteiger partial charge in [-0.15, -0.1) is 0 Å². The van der Waals surface area contributed by atoms with Crippen LogP contribution in [0.3, 0.4) is 0 Å². The first-order valence-corrected chi connectivity index (χ1v) is 5.55. The Hall–Kier alpha value is -0.190. The fourth-order valence-electron chi connectivity index (χ4n) is 2.18. The SMILES string of the molecule is F[C@H]1CNCC[C@H]1NC1CCOCC1. The van der Waals surface area contributed by atoms with Crippen molar-refractivity contribution in [2.75, 3.05) is 26.3 Å². The van der Waals surface area contributed by atoms with Gasteiger partial charge in [0.25, 0.3) is 0 Å². The fraction of sp³-hybridized carbons (Fsp3) is 1.00. The van der Waals surface area contributed by atoms with Crippen molar-refractivity contribution in [1.29, 1.82) is 0 Å². The number of hydrogen-bond donors (Lipinski definition) is 2. The van der Waals surface area contributed by atoms with Gasteiger partial charge in [-0.25, -0.2) is 4.39 Å². The number of ether oxygens (including phenoxy) is 1. The largest absolute Gasteiger partial charge is 0.381 e. The Morgan fingerprint density at radius 3 is 2.71 bits per heavy atom. The Labute approximate surface area is 84.4 Å². The van der Waals surface area contributed by atoms with Crippen LogP contribution in [0.1, 0.15) is 19.3 Å². The normalized spacial score (nSPS) is 35.8. The molecular formula is C10H19FN2O. The quantitative estimate of drug-likeness (QED) is 0.682. The molecule has 0 radical (unpaired) electrons. The first-order valence-electron chi connectivity index (χ1n) is 5.55. The van der Waals surface area contributed by atoms with E-state index < -0.39 is 6.17 Å². The van der Waals surface area contributed by atoms with E-state index in [-0.39, 0.29) is 6.04 Å². The van der Waals surface area contributed by atoms with Gasteiger partial charge in [0, 0.05) is 31.8 Å². The summed E-state index contributed by atoms with van der Waals surface area (Å²) in [4.78, 5) is 0. The van der Waals surface area contributed by atoms with Gasteiger partial charge >= 0.3 is 0 Å². The molecule has 0 aromatic carbocycles. The van der Waals surface area contributed by atoms with E-state index >= 15 is 0 Å². The molecule has 4 heteroatoms. The van der Waals surface area contributed by atoms with Crippen molar-refractivity contribution in [3.05, 3.63) is 0 Å². The van der Waals surface area contributed by atoms with E-state index in [9.17, 15) is 4.39 Å². The smallest absolute Gasteiger partial charge is 0.128 e. The van der Waals surface area contributed by atoms with Crippen molar-refractivity contribution in [2.45, 2.75) is 37.5 Å². The number of hydrogen-bond acceptors (Lipinski definition) is 3. The third-order valence-electron chi connectivity index (χ3n) is 3.08. The van der Waals surface area contributed by atoms with Gasteiger partial charge in [0.15, 0.2) is 0 Å². The van der Waals surface area contributed by atoms with Crippen molar-refractivity contribution >= 4 is 0 Å². The zero-order valence-electron chi connectivity index (χ0n) is 8.47. The lowest BCUT2D eigenvalue weighted by atomic mass is 10.0. The predicted octanol–water partition coefficient (Wildman–Crippen LogP) is 0.455. The van der Waals surface area contributed by atoms with Crippen LogP contribution in [-0.4, -0.2) is 44.6 Å². The monoisotopic (exact) mass is 202 g/mol. The molecule has 82 valence electrons. The van der Waals surface area contributed by atoms with Crippen LogP contribution in [0.4, 0.5) is 4.39 Å². The predicted molar refractivity (Wildman–Crippen MR) is 53.1 cm³/mol. The van der Waals surface area contributed by atoms with Crippen LogP contribution in [0.15, 0.2) is 0 Å². The van der Waals surface area contributed by atoms with Gasteiger partial charge in [0.2, 0.25) is 0 Å². The molecule has 2 aliphatic heterocycles. The zero-order valence-corrected chi connectivity index (χ0v) is 8.47. The molecule has 2 atom stereocenters. The van der Waals surface area contributed by atoms with Crippen LogP contribution in [0.2, 0.25) is 0 Å². The molecule has 0 aromatic heterocycles. The molecular weight excluding hydrogens is 183 g/mol. The van der Waals surface area contributed by atoms with Gasteiger partial charge < -0.3 is 15.4 Å². The minimum atomic E-state index is -0.730. The summed E-state index contributed by atoms with van der Waals surface area (Å²) in [7, 11) is 0. The zero-order chi connectivity index (χ0) is 9.80. The Morgan fingerprint density at radius 1 is 1.21 bits per heavy atom. The van der Waals surface area contributed by atoms with Crippen molar-refractivity contribution in [3.8, 4) is 0 Å². The van der Waals surface area contributed by atoms with Crippen molar-refractivity contribution < 1.29 is 9.13 Å². The highest BCUT2D eigenvalue weighted by Gasteiger charge is 2.27. The first-order chi connectivity index (χ1) is 6.86. The van der Waals surface area contributed by atoms with E-state index in [0.29, 0.717) is 12.6 Å². The molecule has 0 spiro atoms. The summed E-state index contributed by atoms with van der Waals surface area (Å²) in [6, 6.07) is 0.518. The number of piperidine rings is 1. The van der Waals surface area contributed by atoms with Crippen LogP contribution in [-0.2, 0) is 4.74 Å². The molecule has 0 aliphatic carbocycles. The summed E-state index contributed by atoms with van der Waals surface area (Å²) in [5.41, 5.74) is 0. The number of nitrogens with one attached hydrogen (secondary N) is 2. The lowest BCUT2D eigenvalue weighted by Gasteiger charge is -2.33. The second-order valence-electron chi connectivity index (χ2n) is 4.17. The van der Waals surface area contributed by atoms with Crippen molar-refractivity contribution in [1.82, 2.24) is 10.6 Å². The van der Waals surface area contributed by atoms with E-state index in [1.54, 1.807) is 0 Å². The molecule has 0 unspecified atom stereocenters. The van der Waals surface area contributed by atoms with Gasteiger partial charge in [0.05, 0.1) is 0 Å². The van der Waals surface area contributed by atoms with E-state index in [1.165, 1.54) is 0 Å². The second-order valence-corrected chi connectivity index (χ2v) is 4.17. The van der Waals surface area contributed by atoms with Gasteiger partial charge in [-0.05, 0) is 25.8 Å². The van der Waals surface area contributed by atoms with Crippen LogP contribution < -0.4 is 10.6 Å². The van der Waals surface area contributed by atoms with E-state index in [2.05, 4.69) is 10.6 Å². The third-order valence-corrected chi connectivity index (χ3v) is 3.08. The molecule has 0 bridgehead atoms. The van der Waals surface area contributed by atoms with Gasteiger partial charge in [-0.3, -0.25) is 0 Å². The molecule has 2 N–H and O–H groups in total. The van der Waals surface area contributed by atoms with Crippen LogP contribution in [0.5, 0.6) is 0 Å². The average Bonchev–Trinajstić information content (AvgIpc) is 2.23. The van der Waals surface area contributed by atoms with E-state index in [4.69, 9.17) is 4.74 Å². The average molecular weight is 202 g/mol. The van der Waals surface area contributed by atoms with Crippen molar-refractivity contribution in [2.24, 2.45) is 0 Å². The number of rotatable bonds is 2. The highest BCUT2D eigenvalue weighted by molar-refractivity contribution is 4.86. The molecule has 0 amide bonds. The number of alkyl halides is 1.